The van der Waals surface area contributed by atoms with Crippen molar-refractivity contribution in [3.8, 4) is 5.75 Å². The Labute approximate surface area is 197 Å². The molecule has 3 aromatic heterocycles. The van der Waals surface area contributed by atoms with Crippen LogP contribution in [0.4, 0.5) is 5.69 Å². The molecule has 9 heteroatoms. The summed E-state index contributed by atoms with van der Waals surface area (Å²) in [6, 6.07) is 6.64. The van der Waals surface area contributed by atoms with Crippen molar-refractivity contribution in [3.63, 3.8) is 0 Å². The Bertz CT molecular complexity index is 1350. The van der Waals surface area contributed by atoms with Crippen LogP contribution in [-0.2, 0) is 0 Å². The summed E-state index contributed by atoms with van der Waals surface area (Å²) in [5.41, 5.74) is 2.53. The molecule has 1 N–H and O–H groups in total. The average molecular weight is 460 g/mol. The third kappa shape index (κ3) is 4.00. The Morgan fingerprint density at radius 1 is 1.15 bits per heavy atom. The number of carbonyl (C=O) groups is 1. The second-order valence-corrected chi connectivity index (χ2v) is 9.66. The molecule has 9 nitrogen and oxygen atoms in total. The van der Waals surface area contributed by atoms with Crippen LogP contribution < -0.4 is 10.1 Å². The Hall–Kier alpha value is -3.46. The lowest BCUT2D eigenvalue weighted by Crippen LogP contribution is -2.32. The molecule has 2 aliphatic rings. The molecule has 0 atom stereocenters. The second kappa shape index (κ2) is 8.39. The van der Waals surface area contributed by atoms with Crippen LogP contribution in [0, 0.1) is 0 Å². The van der Waals surface area contributed by atoms with Gasteiger partial charge in [-0.15, -0.1) is 0 Å². The van der Waals surface area contributed by atoms with Gasteiger partial charge in [-0.2, -0.15) is 10.2 Å². The molecule has 4 aromatic rings. The minimum absolute atomic E-state index is 0.172. The number of hydrogen-bond acceptors (Lipinski definition) is 6. The summed E-state index contributed by atoms with van der Waals surface area (Å²) >= 11 is 0. The standard InChI is InChI=1S/C25H29N7O2/c1-30(2)17-4-6-18(7-5-17)32-15-16-12-20(23(13-21(16)29-32)34-19-8-9-19)25(33)28-22-14-27-31-11-3-10-26-24(22)31/h3,10-15,17-19H,4-9H2,1-2H3,(H,28,33). The Morgan fingerprint density at radius 3 is 2.74 bits per heavy atom. The minimum Gasteiger partial charge on any atom is -0.490 e. The molecule has 2 fully saturated rings. The molecule has 6 rings (SSSR count). The van der Waals surface area contributed by atoms with Crippen LogP contribution in [0.5, 0.6) is 5.75 Å². The van der Waals surface area contributed by atoms with Crippen molar-refractivity contribution in [1.82, 2.24) is 29.3 Å². The molecule has 34 heavy (non-hydrogen) atoms. The van der Waals surface area contributed by atoms with Gasteiger partial charge in [0.2, 0.25) is 0 Å². The molecule has 0 spiro atoms. The highest BCUT2D eigenvalue weighted by atomic mass is 16.5. The molecule has 176 valence electrons. The zero-order valence-electron chi connectivity index (χ0n) is 19.5. The summed E-state index contributed by atoms with van der Waals surface area (Å²) in [7, 11) is 4.31. The van der Waals surface area contributed by atoms with E-state index in [0.717, 1.165) is 36.6 Å². The molecular formula is C25H29N7O2. The predicted molar refractivity (Wildman–Crippen MR) is 129 cm³/mol. The predicted octanol–water partition coefficient (Wildman–Crippen LogP) is 3.92. The molecule has 0 bridgehead atoms. The van der Waals surface area contributed by atoms with Crippen LogP contribution in [0.15, 0.2) is 43.0 Å². The molecule has 0 radical (unpaired) electrons. The van der Waals surface area contributed by atoms with Gasteiger partial charge in [-0.3, -0.25) is 9.48 Å². The number of rotatable bonds is 6. The van der Waals surface area contributed by atoms with Gasteiger partial charge in [0.15, 0.2) is 5.65 Å². The lowest BCUT2D eigenvalue weighted by molar-refractivity contribution is 0.102. The second-order valence-electron chi connectivity index (χ2n) is 9.66. The number of nitrogens with one attached hydrogen (secondary N) is 1. The van der Waals surface area contributed by atoms with Gasteiger partial charge >= 0.3 is 0 Å². The maximum absolute atomic E-state index is 13.3. The van der Waals surface area contributed by atoms with Crippen molar-refractivity contribution < 1.29 is 9.53 Å². The highest BCUT2D eigenvalue weighted by Gasteiger charge is 2.28. The number of aromatic nitrogens is 5. The van der Waals surface area contributed by atoms with Crippen molar-refractivity contribution in [2.75, 3.05) is 19.4 Å². The van der Waals surface area contributed by atoms with Crippen molar-refractivity contribution >= 4 is 28.1 Å². The monoisotopic (exact) mass is 459 g/mol. The van der Waals surface area contributed by atoms with E-state index in [9.17, 15) is 4.79 Å². The van der Waals surface area contributed by atoms with Gasteiger partial charge in [-0.25, -0.2) is 9.50 Å². The van der Waals surface area contributed by atoms with Gasteiger partial charge < -0.3 is 15.0 Å². The van der Waals surface area contributed by atoms with Gasteiger partial charge in [0.1, 0.15) is 11.4 Å². The maximum Gasteiger partial charge on any atom is 0.259 e. The van der Waals surface area contributed by atoms with Gasteiger partial charge in [0.25, 0.3) is 5.91 Å². The van der Waals surface area contributed by atoms with Gasteiger partial charge in [-0.05, 0) is 64.8 Å². The van der Waals surface area contributed by atoms with Gasteiger partial charge in [0.05, 0.1) is 29.4 Å². The summed E-state index contributed by atoms with van der Waals surface area (Å²) in [4.78, 5) is 20.0. The minimum atomic E-state index is -0.239. The van der Waals surface area contributed by atoms with Crippen LogP contribution >= 0.6 is 0 Å². The number of benzene rings is 1. The summed E-state index contributed by atoms with van der Waals surface area (Å²) in [5, 5.41) is 13.1. The normalized spacial score (nSPS) is 20.8. The Morgan fingerprint density at radius 2 is 1.97 bits per heavy atom. The van der Waals surface area contributed by atoms with Crippen LogP contribution in [0.25, 0.3) is 16.6 Å². The number of amides is 1. The van der Waals surface area contributed by atoms with E-state index in [0.29, 0.717) is 34.7 Å². The summed E-state index contributed by atoms with van der Waals surface area (Å²) in [6.07, 6.45) is 13.9. The SMILES string of the molecule is CN(C)C1CCC(n2cc3cc(C(=O)Nc4cnn5cccnc45)c(OC4CC4)cc3n2)CC1. The Balaban J connectivity index is 1.30. The maximum atomic E-state index is 13.3. The molecule has 0 aliphatic heterocycles. The number of anilines is 1. The van der Waals surface area contributed by atoms with Crippen LogP contribution in [0.3, 0.4) is 0 Å². The number of nitrogens with zero attached hydrogens (tertiary/aromatic N) is 6. The third-order valence-electron chi connectivity index (χ3n) is 6.98. The fourth-order valence-corrected chi connectivity index (χ4v) is 4.84. The van der Waals surface area contributed by atoms with E-state index in [4.69, 9.17) is 9.84 Å². The quantitative estimate of drug-likeness (QED) is 0.470. The average Bonchev–Trinajstić information content (AvgIpc) is 3.42. The lowest BCUT2D eigenvalue weighted by atomic mass is 9.91. The largest absolute Gasteiger partial charge is 0.490 e. The van der Waals surface area contributed by atoms with E-state index in [-0.39, 0.29) is 12.0 Å². The number of hydrogen-bond donors (Lipinski definition) is 1. The zero-order chi connectivity index (χ0) is 23.2. The first-order valence-electron chi connectivity index (χ1n) is 12.0. The van der Waals surface area contributed by atoms with Crippen LogP contribution in [0.1, 0.15) is 54.9 Å². The summed E-state index contributed by atoms with van der Waals surface area (Å²) < 4.78 is 9.86. The topological polar surface area (TPSA) is 89.6 Å². The van der Waals surface area contributed by atoms with Gasteiger partial charge in [0, 0.05) is 36.1 Å². The molecule has 1 amide bonds. The summed E-state index contributed by atoms with van der Waals surface area (Å²) in [6.45, 7) is 0. The molecule has 1 aromatic carbocycles. The highest BCUT2D eigenvalue weighted by Crippen LogP contribution is 2.35. The number of carbonyl (C=O) groups excluding carboxylic acids is 1. The number of fused-ring (bicyclic) bond motifs is 2. The molecule has 3 heterocycles. The summed E-state index contributed by atoms with van der Waals surface area (Å²) in [5.74, 6) is 0.343. The number of ether oxygens (including phenoxy) is 1. The lowest BCUT2D eigenvalue weighted by Gasteiger charge is -2.32. The van der Waals surface area contributed by atoms with Crippen molar-refractivity contribution in [2.45, 2.75) is 56.7 Å². The molecule has 0 unspecified atom stereocenters. The van der Waals surface area contributed by atoms with E-state index in [1.54, 1.807) is 29.2 Å². The molecule has 2 aliphatic carbocycles. The first-order chi connectivity index (χ1) is 16.5. The van der Waals surface area contributed by atoms with Crippen molar-refractivity contribution in [3.05, 3.63) is 48.5 Å². The zero-order valence-corrected chi connectivity index (χ0v) is 19.5. The molecule has 2 saturated carbocycles. The molecular weight excluding hydrogens is 430 g/mol. The third-order valence-corrected chi connectivity index (χ3v) is 6.98. The van der Waals surface area contributed by atoms with E-state index < -0.39 is 0 Å². The smallest absolute Gasteiger partial charge is 0.259 e. The first kappa shape index (κ1) is 21.1. The highest BCUT2D eigenvalue weighted by molar-refractivity contribution is 6.09. The van der Waals surface area contributed by atoms with Crippen molar-refractivity contribution in [2.24, 2.45) is 0 Å². The van der Waals surface area contributed by atoms with Crippen LogP contribution in [0.2, 0.25) is 0 Å². The van der Waals surface area contributed by atoms with Crippen molar-refractivity contribution in [1.29, 1.82) is 0 Å². The Kier molecular flexibility index (Phi) is 5.21. The fraction of sp³-hybridized carbons (Fsp3) is 0.440. The van der Waals surface area contributed by atoms with Gasteiger partial charge in [-0.1, -0.05) is 0 Å². The fourth-order valence-electron chi connectivity index (χ4n) is 4.84. The first-order valence-corrected chi connectivity index (χ1v) is 12.0. The molecule has 0 saturated heterocycles. The van der Waals surface area contributed by atoms with E-state index in [2.05, 4.69) is 45.3 Å². The van der Waals surface area contributed by atoms with E-state index >= 15 is 0 Å². The van der Waals surface area contributed by atoms with E-state index in [1.807, 2.05) is 12.1 Å². The van der Waals surface area contributed by atoms with E-state index in [1.165, 1.54) is 12.8 Å². The van der Waals surface area contributed by atoms with Crippen LogP contribution in [-0.4, -0.2) is 61.4 Å².